The van der Waals surface area contributed by atoms with Crippen molar-refractivity contribution in [2.24, 2.45) is 0 Å². The topological polar surface area (TPSA) is 76.8 Å². The largest absolute Gasteiger partial charge is 0.490 e. The number of hydrogen-bond donors (Lipinski definition) is 1. The van der Waals surface area contributed by atoms with Gasteiger partial charge in [0.1, 0.15) is 11.9 Å². The summed E-state index contributed by atoms with van der Waals surface area (Å²) in [6.45, 7) is 7.87. The summed E-state index contributed by atoms with van der Waals surface area (Å²) in [4.78, 5) is 14.6. The lowest BCUT2D eigenvalue weighted by atomic mass is 10.1. The molecule has 0 aliphatic carbocycles. The first-order valence-electron chi connectivity index (χ1n) is 9.43. The summed E-state index contributed by atoms with van der Waals surface area (Å²) in [6, 6.07) is 9.22. The second-order valence-corrected chi connectivity index (χ2v) is 6.72. The summed E-state index contributed by atoms with van der Waals surface area (Å²) in [5, 5.41) is 6.61. The third kappa shape index (κ3) is 5.01. The van der Waals surface area contributed by atoms with Crippen molar-refractivity contribution in [1.82, 2.24) is 10.1 Å². The number of piperidine rings is 1. The van der Waals surface area contributed by atoms with Gasteiger partial charge in [-0.3, -0.25) is 9.69 Å². The number of nitrogens with one attached hydrogen (secondary N) is 1. The molecule has 0 unspecified atom stereocenters. The van der Waals surface area contributed by atoms with E-state index in [9.17, 15) is 4.79 Å². The summed E-state index contributed by atoms with van der Waals surface area (Å²) in [7, 11) is 0. The molecular formula is C20H27N3O4. The Labute approximate surface area is 159 Å². The van der Waals surface area contributed by atoms with Crippen LogP contribution in [0, 0.1) is 6.92 Å². The van der Waals surface area contributed by atoms with Crippen LogP contribution in [0.1, 0.15) is 32.4 Å². The molecule has 1 aromatic heterocycles. The Kier molecular flexibility index (Phi) is 6.34. The van der Waals surface area contributed by atoms with E-state index < -0.39 is 0 Å². The predicted molar refractivity (Wildman–Crippen MR) is 102 cm³/mol. The maximum absolute atomic E-state index is 12.4. The zero-order valence-electron chi connectivity index (χ0n) is 16.1. The molecule has 1 atom stereocenters. The van der Waals surface area contributed by atoms with E-state index in [-0.39, 0.29) is 18.1 Å². The fourth-order valence-electron chi connectivity index (χ4n) is 3.20. The fourth-order valence-corrected chi connectivity index (χ4v) is 3.20. The molecule has 1 saturated heterocycles. The molecule has 1 N–H and O–H groups in total. The highest BCUT2D eigenvalue weighted by molar-refractivity contribution is 5.93. The van der Waals surface area contributed by atoms with Gasteiger partial charge >= 0.3 is 0 Å². The van der Waals surface area contributed by atoms with E-state index in [1.54, 1.807) is 13.0 Å². The minimum Gasteiger partial charge on any atom is -0.490 e. The van der Waals surface area contributed by atoms with Crippen molar-refractivity contribution in [1.29, 1.82) is 0 Å². The molecule has 146 valence electrons. The van der Waals surface area contributed by atoms with Gasteiger partial charge in [-0.1, -0.05) is 17.3 Å². The number of para-hydroxylation sites is 2. The van der Waals surface area contributed by atoms with Gasteiger partial charge in [0.2, 0.25) is 5.91 Å². The zero-order valence-corrected chi connectivity index (χ0v) is 16.1. The first-order valence-corrected chi connectivity index (χ1v) is 9.43. The van der Waals surface area contributed by atoms with Crippen LogP contribution in [0.25, 0.3) is 0 Å². The van der Waals surface area contributed by atoms with Gasteiger partial charge < -0.3 is 19.3 Å². The van der Waals surface area contributed by atoms with Crippen molar-refractivity contribution in [3.05, 3.63) is 36.1 Å². The van der Waals surface area contributed by atoms with Gasteiger partial charge in [-0.05, 0) is 45.7 Å². The molecule has 1 aliphatic heterocycles. The van der Waals surface area contributed by atoms with Crippen molar-refractivity contribution in [3.8, 4) is 11.5 Å². The standard InChI is InChI=1S/C20H27N3O4/c1-4-25-17-7-5-6-8-18(17)26-16-9-11-23(12-10-16)15(3)20(24)21-19-13-14(2)27-22-19/h5-8,13,15-16H,4,9-12H2,1-3H3,(H,21,22,24)/t15-/m0/s1. The highest BCUT2D eigenvalue weighted by atomic mass is 16.5. The molecule has 1 aliphatic rings. The number of anilines is 1. The SMILES string of the molecule is CCOc1ccccc1OC1CCN([C@@H](C)C(=O)Nc2cc(C)on2)CC1. The van der Waals surface area contributed by atoms with Crippen LogP contribution < -0.4 is 14.8 Å². The Morgan fingerprint density at radius 1 is 1.33 bits per heavy atom. The number of ether oxygens (including phenoxy) is 2. The molecular weight excluding hydrogens is 346 g/mol. The number of nitrogens with zero attached hydrogens (tertiary/aromatic N) is 2. The fraction of sp³-hybridized carbons (Fsp3) is 0.500. The van der Waals surface area contributed by atoms with E-state index in [1.807, 2.05) is 38.1 Å². The van der Waals surface area contributed by atoms with Gasteiger partial charge in [0.05, 0.1) is 12.6 Å². The van der Waals surface area contributed by atoms with Crippen LogP contribution in [0.4, 0.5) is 5.82 Å². The number of aromatic nitrogens is 1. The van der Waals surface area contributed by atoms with E-state index in [0.717, 1.165) is 37.4 Å². The number of hydrogen-bond acceptors (Lipinski definition) is 6. The van der Waals surface area contributed by atoms with Crippen LogP contribution in [0.3, 0.4) is 0 Å². The lowest BCUT2D eigenvalue weighted by Gasteiger charge is -2.35. The summed E-state index contributed by atoms with van der Waals surface area (Å²) in [6.07, 6.45) is 1.85. The maximum atomic E-state index is 12.4. The second kappa shape index (κ2) is 8.90. The molecule has 7 nitrogen and oxygen atoms in total. The zero-order chi connectivity index (χ0) is 19.2. The molecule has 0 radical (unpaired) electrons. The van der Waals surface area contributed by atoms with E-state index in [1.165, 1.54) is 0 Å². The Morgan fingerprint density at radius 3 is 2.67 bits per heavy atom. The molecule has 2 aromatic rings. The van der Waals surface area contributed by atoms with E-state index >= 15 is 0 Å². The van der Waals surface area contributed by atoms with Gasteiger partial charge in [0.25, 0.3) is 0 Å². The maximum Gasteiger partial charge on any atom is 0.242 e. The van der Waals surface area contributed by atoms with Crippen molar-refractivity contribution < 1.29 is 18.8 Å². The van der Waals surface area contributed by atoms with E-state index in [0.29, 0.717) is 18.2 Å². The van der Waals surface area contributed by atoms with Crippen LogP contribution in [0.15, 0.2) is 34.9 Å². The molecule has 3 rings (SSSR count). The predicted octanol–water partition coefficient (Wildman–Crippen LogP) is 3.25. The molecule has 1 fully saturated rings. The minimum atomic E-state index is -0.237. The van der Waals surface area contributed by atoms with Crippen molar-refractivity contribution in [2.75, 3.05) is 25.0 Å². The quantitative estimate of drug-likeness (QED) is 0.803. The van der Waals surface area contributed by atoms with E-state index in [2.05, 4.69) is 15.4 Å². The molecule has 1 aromatic carbocycles. The van der Waals surface area contributed by atoms with Crippen LogP contribution in [-0.4, -0.2) is 47.8 Å². The average molecular weight is 373 g/mol. The summed E-state index contributed by atoms with van der Waals surface area (Å²) < 4.78 is 16.8. The van der Waals surface area contributed by atoms with Crippen molar-refractivity contribution in [3.63, 3.8) is 0 Å². The third-order valence-electron chi connectivity index (χ3n) is 4.73. The van der Waals surface area contributed by atoms with Gasteiger partial charge in [0, 0.05) is 19.2 Å². The molecule has 27 heavy (non-hydrogen) atoms. The first-order chi connectivity index (χ1) is 13.1. The molecule has 0 bridgehead atoms. The van der Waals surface area contributed by atoms with Gasteiger partial charge in [-0.15, -0.1) is 0 Å². The smallest absolute Gasteiger partial charge is 0.242 e. The number of rotatable bonds is 7. The number of amides is 1. The highest BCUT2D eigenvalue weighted by Crippen LogP contribution is 2.29. The molecule has 7 heteroatoms. The molecule has 1 amide bonds. The number of benzene rings is 1. The van der Waals surface area contributed by atoms with Crippen LogP contribution >= 0.6 is 0 Å². The molecule has 0 saturated carbocycles. The Hall–Kier alpha value is -2.54. The monoisotopic (exact) mass is 373 g/mol. The lowest BCUT2D eigenvalue weighted by molar-refractivity contribution is -0.121. The minimum absolute atomic E-state index is 0.0793. The summed E-state index contributed by atoms with van der Waals surface area (Å²) >= 11 is 0. The second-order valence-electron chi connectivity index (χ2n) is 6.72. The van der Waals surface area contributed by atoms with Crippen LogP contribution in [-0.2, 0) is 4.79 Å². The number of carbonyl (C=O) groups excluding carboxylic acids is 1. The van der Waals surface area contributed by atoms with Gasteiger partial charge in [-0.25, -0.2) is 0 Å². The van der Waals surface area contributed by atoms with Gasteiger partial charge in [-0.2, -0.15) is 0 Å². The van der Waals surface area contributed by atoms with E-state index in [4.69, 9.17) is 14.0 Å². The van der Waals surface area contributed by atoms with Crippen LogP contribution in [0.2, 0.25) is 0 Å². The highest BCUT2D eigenvalue weighted by Gasteiger charge is 2.28. The van der Waals surface area contributed by atoms with Crippen molar-refractivity contribution >= 4 is 11.7 Å². The summed E-state index contributed by atoms with van der Waals surface area (Å²) in [5.74, 6) is 2.60. The Bertz CT molecular complexity index is 753. The lowest BCUT2D eigenvalue weighted by Crippen LogP contribution is -2.47. The average Bonchev–Trinajstić information content (AvgIpc) is 3.08. The van der Waals surface area contributed by atoms with Crippen LogP contribution in [0.5, 0.6) is 11.5 Å². The summed E-state index contributed by atoms with van der Waals surface area (Å²) in [5.41, 5.74) is 0. The Morgan fingerprint density at radius 2 is 2.04 bits per heavy atom. The molecule has 0 spiro atoms. The first kappa shape index (κ1) is 19.2. The number of carbonyl (C=O) groups is 1. The van der Waals surface area contributed by atoms with Gasteiger partial charge in [0.15, 0.2) is 17.3 Å². The number of likely N-dealkylation sites (tertiary alicyclic amines) is 1. The normalized spacial score (nSPS) is 16.7. The molecule has 2 heterocycles. The Balaban J connectivity index is 1.50. The van der Waals surface area contributed by atoms with Crippen molar-refractivity contribution in [2.45, 2.75) is 45.8 Å². The third-order valence-corrected chi connectivity index (χ3v) is 4.73. The number of aryl methyl sites for hydroxylation is 1.